The molecule has 0 unspecified atom stereocenters. The SMILES string of the molecule is CCN(CC1CC1)C(=Nc1ccccc1)NN. The van der Waals surface area contributed by atoms with Crippen molar-refractivity contribution < 1.29 is 0 Å². The van der Waals surface area contributed by atoms with Crippen LogP contribution in [0.5, 0.6) is 0 Å². The molecule has 0 saturated heterocycles. The third-order valence-electron chi connectivity index (χ3n) is 2.98. The number of hydrogen-bond acceptors (Lipinski definition) is 2. The second kappa shape index (κ2) is 5.68. The molecular formula is C13H20N4. The molecule has 0 heterocycles. The Morgan fingerprint density at radius 3 is 2.65 bits per heavy atom. The molecule has 0 amide bonds. The molecule has 3 N–H and O–H groups in total. The summed E-state index contributed by atoms with van der Waals surface area (Å²) >= 11 is 0. The largest absolute Gasteiger partial charge is 0.342 e. The van der Waals surface area contributed by atoms with E-state index in [4.69, 9.17) is 5.84 Å². The Bertz CT molecular complexity index is 370. The van der Waals surface area contributed by atoms with Gasteiger partial charge in [-0.3, -0.25) is 5.43 Å². The minimum atomic E-state index is 0.755. The van der Waals surface area contributed by atoms with Gasteiger partial charge < -0.3 is 4.90 Å². The van der Waals surface area contributed by atoms with E-state index in [1.165, 1.54) is 12.8 Å². The van der Waals surface area contributed by atoms with E-state index in [0.717, 1.165) is 30.7 Å². The summed E-state index contributed by atoms with van der Waals surface area (Å²) in [6.45, 7) is 4.10. The summed E-state index contributed by atoms with van der Waals surface area (Å²) in [4.78, 5) is 6.73. The van der Waals surface area contributed by atoms with Crippen LogP contribution in [0.2, 0.25) is 0 Å². The summed E-state index contributed by atoms with van der Waals surface area (Å²) in [5.41, 5.74) is 3.64. The lowest BCUT2D eigenvalue weighted by Crippen LogP contribution is -2.45. The molecule has 1 aliphatic rings. The van der Waals surface area contributed by atoms with Crippen molar-refractivity contribution >= 4 is 11.6 Å². The molecule has 4 nitrogen and oxygen atoms in total. The van der Waals surface area contributed by atoms with Crippen molar-refractivity contribution in [2.75, 3.05) is 13.1 Å². The Hall–Kier alpha value is -1.55. The Labute approximate surface area is 102 Å². The number of nitrogens with zero attached hydrogens (tertiary/aromatic N) is 2. The molecule has 4 heteroatoms. The van der Waals surface area contributed by atoms with Crippen LogP contribution in [0.4, 0.5) is 5.69 Å². The van der Waals surface area contributed by atoms with E-state index in [1.54, 1.807) is 0 Å². The zero-order valence-corrected chi connectivity index (χ0v) is 10.3. The highest BCUT2D eigenvalue weighted by molar-refractivity contribution is 5.82. The Balaban J connectivity index is 2.09. The molecule has 0 radical (unpaired) electrons. The Kier molecular flexibility index (Phi) is 3.98. The molecule has 0 aromatic heterocycles. The molecule has 1 aliphatic carbocycles. The molecule has 0 aliphatic heterocycles. The lowest BCUT2D eigenvalue weighted by atomic mass is 10.3. The average Bonchev–Trinajstić information content (AvgIpc) is 3.18. The first-order chi connectivity index (χ1) is 8.33. The minimum absolute atomic E-state index is 0.755. The third kappa shape index (κ3) is 3.46. The van der Waals surface area contributed by atoms with Gasteiger partial charge in [-0.05, 0) is 37.8 Å². The smallest absolute Gasteiger partial charge is 0.213 e. The van der Waals surface area contributed by atoms with Crippen molar-refractivity contribution in [2.45, 2.75) is 19.8 Å². The fraction of sp³-hybridized carbons (Fsp3) is 0.462. The zero-order chi connectivity index (χ0) is 12.1. The van der Waals surface area contributed by atoms with Crippen LogP contribution >= 0.6 is 0 Å². The quantitative estimate of drug-likeness (QED) is 0.360. The topological polar surface area (TPSA) is 53.6 Å². The van der Waals surface area contributed by atoms with Crippen LogP contribution < -0.4 is 11.3 Å². The first kappa shape index (κ1) is 11.9. The van der Waals surface area contributed by atoms with Crippen LogP contribution in [0.15, 0.2) is 35.3 Å². The fourth-order valence-electron chi connectivity index (χ4n) is 1.80. The van der Waals surface area contributed by atoms with Crippen LogP contribution in [0, 0.1) is 5.92 Å². The molecule has 1 saturated carbocycles. The highest BCUT2D eigenvalue weighted by Crippen LogP contribution is 2.29. The number of benzene rings is 1. The van der Waals surface area contributed by atoms with Crippen molar-refractivity contribution in [3.63, 3.8) is 0 Å². The van der Waals surface area contributed by atoms with Gasteiger partial charge in [-0.2, -0.15) is 0 Å². The molecule has 1 aromatic carbocycles. The Morgan fingerprint density at radius 1 is 1.41 bits per heavy atom. The summed E-state index contributed by atoms with van der Waals surface area (Å²) in [5, 5.41) is 0. The van der Waals surface area contributed by atoms with Gasteiger partial charge in [0.15, 0.2) is 0 Å². The molecule has 0 bridgehead atoms. The molecule has 92 valence electrons. The predicted molar refractivity (Wildman–Crippen MR) is 70.8 cm³/mol. The number of hydrazine groups is 1. The van der Waals surface area contributed by atoms with E-state index in [1.807, 2.05) is 30.3 Å². The maximum atomic E-state index is 5.57. The number of nitrogens with two attached hydrogens (primary N) is 1. The highest BCUT2D eigenvalue weighted by atomic mass is 15.4. The molecular weight excluding hydrogens is 212 g/mol. The third-order valence-corrected chi connectivity index (χ3v) is 2.98. The van der Waals surface area contributed by atoms with Gasteiger partial charge in [-0.1, -0.05) is 18.2 Å². The van der Waals surface area contributed by atoms with Gasteiger partial charge in [0, 0.05) is 13.1 Å². The summed E-state index contributed by atoms with van der Waals surface area (Å²) in [7, 11) is 0. The fourth-order valence-corrected chi connectivity index (χ4v) is 1.80. The number of nitrogens with one attached hydrogen (secondary N) is 1. The van der Waals surface area contributed by atoms with Crippen LogP contribution in [-0.4, -0.2) is 23.9 Å². The van der Waals surface area contributed by atoms with E-state index in [-0.39, 0.29) is 0 Å². The standard InChI is InChI=1S/C13H20N4/c1-2-17(10-11-8-9-11)13(16-14)15-12-6-4-3-5-7-12/h3-7,11H,2,8-10,14H2,1H3,(H,15,16). The molecule has 2 rings (SSSR count). The van der Waals surface area contributed by atoms with Gasteiger partial charge in [0.05, 0.1) is 5.69 Å². The monoisotopic (exact) mass is 232 g/mol. The van der Waals surface area contributed by atoms with Crippen LogP contribution in [0.1, 0.15) is 19.8 Å². The van der Waals surface area contributed by atoms with E-state index >= 15 is 0 Å². The molecule has 17 heavy (non-hydrogen) atoms. The maximum Gasteiger partial charge on any atom is 0.213 e. The van der Waals surface area contributed by atoms with Gasteiger partial charge in [0.25, 0.3) is 0 Å². The number of guanidine groups is 1. The van der Waals surface area contributed by atoms with Crippen molar-refractivity contribution in [2.24, 2.45) is 16.8 Å². The average molecular weight is 232 g/mol. The normalized spacial score (nSPS) is 15.8. The van der Waals surface area contributed by atoms with Crippen LogP contribution in [-0.2, 0) is 0 Å². The van der Waals surface area contributed by atoms with E-state index < -0.39 is 0 Å². The first-order valence-corrected chi connectivity index (χ1v) is 6.18. The summed E-state index contributed by atoms with van der Waals surface area (Å²) in [6.07, 6.45) is 2.67. The summed E-state index contributed by atoms with van der Waals surface area (Å²) in [5.74, 6) is 7.15. The zero-order valence-electron chi connectivity index (χ0n) is 10.3. The van der Waals surface area contributed by atoms with Crippen LogP contribution in [0.25, 0.3) is 0 Å². The lowest BCUT2D eigenvalue weighted by molar-refractivity contribution is 0.405. The molecule has 1 fully saturated rings. The second-order valence-electron chi connectivity index (χ2n) is 4.40. The van der Waals surface area contributed by atoms with Crippen molar-refractivity contribution in [1.29, 1.82) is 0 Å². The maximum absolute atomic E-state index is 5.57. The molecule has 0 spiro atoms. The van der Waals surface area contributed by atoms with Gasteiger partial charge in [0.1, 0.15) is 0 Å². The van der Waals surface area contributed by atoms with Gasteiger partial charge in [-0.25, -0.2) is 10.8 Å². The van der Waals surface area contributed by atoms with Crippen molar-refractivity contribution in [3.8, 4) is 0 Å². The summed E-state index contributed by atoms with van der Waals surface area (Å²) < 4.78 is 0. The van der Waals surface area contributed by atoms with E-state index in [9.17, 15) is 0 Å². The first-order valence-electron chi connectivity index (χ1n) is 6.18. The number of para-hydroxylation sites is 1. The van der Waals surface area contributed by atoms with E-state index in [0.29, 0.717) is 0 Å². The predicted octanol–water partition coefficient (Wildman–Crippen LogP) is 1.87. The van der Waals surface area contributed by atoms with Gasteiger partial charge in [-0.15, -0.1) is 0 Å². The summed E-state index contributed by atoms with van der Waals surface area (Å²) in [6, 6.07) is 9.88. The number of rotatable bonds is 4. The van der Waals surface area contributed by atoms with Crippen LogP contribution in [0.3, 0.4) is 0 Å². The molecule has 1 aromatic rings. The Morgan fingerprint density at radius 2 is 2.12 bits per heavy atom. The minimum Gasteiger partial charge on any atom is -0.342 e. The number of hydrogen-bond donors (Lipinski definition) is 2. The lowest BCUT2D eigenvalue weighted by Gasteiger charge is -2.23. The van der Waals surface area contributed by atoms with Crippen molar-refractivity contribution in [1.82, 2.24) is 10.3 Å². The van der Waals surface area contributed by atoms with Crippen molar-refractivity contribution in [3.05, 3.63) is 30.3 Å². The van der Waals surface area contributed by atoms with Gasteiger partial charge in [0.2, 0.25) is 5.96 Å². The molecule has 0 atom stereocenters. The van der Waals surface area contributed by atoms with Gasteiger partial charge >= 0.3 is 0 Å². The number of aliphatic imine (C=N–C) groups is 1. The van der Waals surface area contributed by atoms with E-state index in [2.05, 4.69) is 22.2 Å². The highest BCUT2D eigenvalue weighted by Gasteiger charge is 2.25. The second-order valence-corrected chi connectivity index (χ2v) is 4.40.